The summed E-state index contributed by atoms with van der Waals surface area (Å²) in [7, 11) is 0. The first-order chi connectivity index (χ1) is 7.27. The third-order valence-corrected chi connectivity index (χ3v) is 3.28. The summed E-state index contributed by atoms with van der Waals surface area (Å²) in [4.78, 5) is 11.8. The van der Waals surface area contributed by atoms with E-state index in [0.29, 0.717) is 5.92 Å². The summed E-state index contributed by atoms with van der Waals surface area (Å²) < 4.78 is 0. The van der Waals surface area contributed by atoms with E-state index in [0.717, 1.165) is 38.8 Å². The Kier molecular flexibility index (Phi) is 5.69. The van der Waals surface area contributed by atoms with Crippen molar-refractivity contribution in [3.05, 3.63) is 0 Å². The molecule has 3 nitrogen and oxygen atoms in total. The second-order valence-electron chi connectivity index (χ2n) is 4.60. The Labute approximate surface area is 92.8 Å². The SMILES string of the molecule is CCCNC(=O)C1CCCC(CCN)C1. The predicted octanol–water partition coefficient (Wildman–Crippen LogP) is 1.67. The topological polar surface area (TPSA) is 55.1 Å². The van der Waals surface area contributed by atoms with Gasteiger partial charge in [-0.25, -0.2) is 0 Å². The lowest BCUT2D eigenvalue weighted by Crippen LogP contribution is -2.34. The largest absolute Gasteiger partial charge is 0.356 e. The van der Waals surface area contributed by atoms with Gasteiger partial charge >= 0.3 is 0 Å². The summed E-state index contributed by atoms with van der Waals surface area (Å²) in [6.07, 6.45) is 6.66. The lowest BCUT2D eigenvalue weighted by molar-refractivity contribution is -0.126. The Bertz CT molecular complexity index is 192. The van der Waals surface area contributed by atoms with Gasteiger partial charge in [0.1, 0.15) is 0 Å². The maximum atomic E-state index is 11.8. The molecule has 2 atom stereocenters. The number of rotatable bonds is 5. The molecule has 3 N–H and O–H groups in total. The summed E-state index contributed by atoms with van der Waals surface area (Å²) in [5, 5.41) is 2.99. The van der Waals surface area contributed by atoms with Gasteiger partial charge in [-0.1, -0.05) is 19.8 Å². The zero-order valence-electron chi connectivity index (χ0n) is 9.80. The fraction of sp³-hybridized carbons (Fsp3) is 0.917. The maximum Gasteiger partial charge on any atom is 0.223 e. The van der Waals surface area contributed by atoms with Crippen molar-refractivity contribution in [3.8, 4) is 0 Å². The van der Waals surface area contributed by atoms with Crippen LogP contribution in [0.25, 0.3) is 0 Å². The number of nitrogens with two attached hydrogens (primary N) is 1. The molecule has 1 aliphatic rings. The van der Waals surface area contributed by atoms with Gasteiger partial charge in [0.15, 0.2) is 0 Å². The number of hydrogen-bond donors (Lipinski definition) is 2. The molecule has 0 aromatic heterocycles. The molecule has 0 aliphatic heterocycles. The second kappa shape index (κ2) is 6.83. The number of hydrogen-bond acceptors (Lipinski definition) is 2. The van der Waals surface area contributed by atoms with Gasteiger partial charge in [0.2, 0.25) is 5.91 Å². The monoisotopic (exact) mass is 212 g/mol. The van der Waals surface area contributed by atoms with E-state index in [1.165, 1.54) is 12.8 Å². The minimum absolute atomic E-state index is 0.252. The van der Waals surface area contributed by atoms with Gasteiger partial charge in [0.25, 0.3) is 0 Å². The van der Waals surface area contributed by atoms with E-state index in [2.05, 4.69) is 12.2 Å². The summed E-state index contributed by atoms with van der Waals surface area (Å²) in [6.45, 7) is 3.66. The zero-order valence-corrected chi connectivity index (χ0v) is 9.80. The number of carbonyl (C=O) groups excluding carboxylic acids is 1. The Balaban J connectivity index is 2.31. The van der Waals surface area contributed by atoms with Crippen molar-refractivity contribution in [2.45, 2.75) is 45.4 Å². The van der Waals surface area contributed by atoms with Crippen LogP contribution in [0.5, 0.6) is 0 Å². The molecule has 0 aromatic rings. The van der Waals surface area contributed by atoms with Gasteiger partial charge in [-0.15, -0.1) is 0 Å². The van der Waals surface area contributed by atoms with Gasteiger partial charge < -0.3 is 11.1 Å². The molecule has 0 aromatic carbocycles. The summed E-state index contributed by atoms with van der Waals surface area (Å²) >= 11 is 0. The van der Waals surface area contributed by atoms with Crippen molar-refractivity contribution >= 4 is 5.91 Å². The molecule has 1 fully saturated rings. The third-order valence-electron chi connectivity index (χ3n) is 3.28. The Hall–Kier alpha value is -0.570. The predicted molar refractivity (Wildman–Crippen MR) is 62.4 cm³/mol. The molecular formula is C12H24N2O. The first-order valence-corrected chi connectivity index (χ1v) is 6.25. The minimum Gasteiger partial charge on any atom is -0.356 e. The van der Waals surface area contributed by atoms with Crippen LogP contribution in [0.1, 0.15) is 45.4 Å². The standard InChI is InChI=1S/C12H24N2O/c1-2-8-14-12(15)11-5-3-4-10(9-11)6-7-13/h10-11H,2-9,13H2,1H3,(H,14,15). The van der Waals surface area contributed by atoms with E-state index in [4.69, 9.17) is 5.73 Å². The highest BCUT2D eigenvalue weighted by Crippen LogP contribution is 2.30. The molecule has 1 rings (SSSR count). The normalized spacial score (nSPS) is 26.3. The van der Waals surface area contributed by atoms with Gasteiger partial charge in [-0.05, 0) is 38.1 Å². The van der Waals surface area contributed by atoms with Crippen LogP contribution in [-0.4, -0.2) is 19.0 Å². The molecule has 0 heterocycles. The lowest BCUT2D eigenvalue weighted by atomic mass is 9.79. The van der Waals surface area contributed by atoms with Crippen molar-refractivity contribution < 1.29 is 4.79 Å². The average Bonchev–Trinajstić information content (AvgIpc) is 2.27. The van der Waals surface area contributed by atoms with Gasteiger partial charge in [-0.3, -0.25) is 4.79 Å². The van der Waals surface area contributed by atoms with Crippen LogP contribution in [0.4, 0.5) is 0 Å². The molecule has 0 spiro atoms. The van der Waals surface area contributed by atoms with Crippen LogP contribution in [-0.2, 0) is 4.79 Å². The maximum absolute atomic E-state index is 11.8. The lowest BCUT2D eigenvalue weighted by Gasteiger charge is -2.28. The van der Waals surface area contributed by atoms with Crippen molar-refractivity contribution in [2.75, 3.05) is 13.1 Å². The summed E-state index contributed by atoms with van der Waals surface area (Å²) in [5.41, 5.74) is 5.56. The molecule has 0 saturated heterocycles. The van der Waals surface area contributed by atoms with Gasteiger partial charge in [-0.2, -0.15) is 0 Å². The van der Waals surface area contributed by atoms with Crippen molar-refractivity contribution in [1.29, 1.82) is 0 Å². The fourth-order valence-corrected chi connectivity index (χ4v) is 2.42. The Morgan fingerprint density at radius 3 is 2.93 bits per heavy atom. The van der Waals surface area contributed by atoms with Crippen LogP contribution < -0.4 is 11.1 Å². The molecule has 0 bridgehead atoms. The van der Waals surface area contributed by atoms with E-state index < -0.39 is 0 Å². The van der Waals surface area contributed by atoms with Crippen molar-refractivity contribution in [1.82, 2.24) is 5.32 Å². The van der Waals surface area contributed by atoms with E-state index in [1.807, 2.05) is 0 Å². The highest BCUT2D eigenvalue weighted by Gasteiger charge is 2.26. The van der Waals surface area contributed by atoms with Crippen molar-refractivity contribution in [2.24, 2.45) is 17.6 Å². The summed E-state index contributed by atoms with van der Waals surface area (Å²) in [6, 6.07) is 0. The first kappa shape index (κ1) is 12.5. The molecule has 3 heteroatoms. The van der Waals surface area contributed by atoms with Crippen molar-refractivity contribution in [3.63, 3.8) is 0 Å². The third kappa shape index (κ3) is 4.20. The highest BCUT2D eigenvalue weighted by atomic mass is 16.1. The number of amides is 1. The van der Waals surface area contributed by atoms with E-state index in [-0.39, 0.29) is 11.8 Å². The first-order valence-electron chi connectivity index (χ1n) is 6.25. The Morgan fingerprint density at radius 2 is 2.27 bits per heavy atom. The van der Waals surface area contributed by atoms with Crippen LogP contribution >= 0.6 is 0 Å². The molecule has 0 radical (unpaired) electrons. The van der Waals surface area contributed by atoms with Crippen LogP contribution in [0.3, 0.4) is 0 Å². The van der Waals surface area contributed by atoms with Gasteiger partial charge in [0, 0.05) is 12.5 Å². The molecular weight excluding hydrogens is 188 g/mol. The molecule has 1 amide bonds. The molecule has 2 unspecified atom stereocenters. The summed E-state index contributed by atoms with van der Waals surface area (Å²) in [5.74, 6) is 1.20. The molecule has 15 heavy (non-hydrogen) atoms. The van der Waals surface area contributed by atoms with Crippen LogP contribution in [0, 0.1) is 11.8 Å². The fourth-order valence-electron chi connectivity index (χ4n) is 2.42. The molecule has 1 saturated carbocycles. The molecule has 1 aliphatic carbocycles. The van der Waals surface area contributed by atoms with Gasteiger partial charge in [0.05, 0.1) is 0 Å². The minimum atomic E-state index is 0.252. The average molecular weight is 212 g/mol. The number of carbonyl (C=O) groups is 1. The highest BCUT2D eigenvalue weighted by molar-refractivity contribution is 5.78. The number of nitrogens with one attached hydrogen (secondary N) is 1. The van der Waals surface area contributed by atoms with Crippen LogP contribution in [0.2, 0.25) is 0 Å². The second-order valence-corrected chi connectivity index (χ2v) is 4.60. The zero-order chi connectivity index (χ0) is 11.1. The Morgan fingerprint density at radius 1 is 1.47 bits per heavy atom. The molecule has 88 valence electrons. The van der Waals surface area contributed by atoms with E-state index >= 15 is 0 Å². The van der Waals surface area contributed by atoms with Crippen LogP contribution in [0.15, 0.2) is 0 Å². The van der Waals surface area contributed by atoms with E-state index in [9.17, 15) is 4.79 Å². The van der Waals surface area contributed by atoms with E-state index in [1.54, 1.807) is 0 Å². The smallest absolute Gasteiger partial charge is 0.223 e. The quantitative estimate of drug-likeness (QED) is 0.728.